The van der Waals surface area contributed by atoms with Crippen LogP contribution in [-0.2, 0) is 6.54 Å². The standard InChI is InChI=1S/C12H14FN5O/c13-10-5-9(6-15-7-10)12-16-11(17-19-12)8-18-3-1-14-2-4-18/h5-7,14H,1-4,8H2. The van der Waals surface area contributed by atoms with Crippen LogP contribution in [0.5, 0.6) is 0 Å². The third kappa shape index (κ3) is 2.94. The summed E-state index contributed by atoms with van der Waals surface area (Å²) >= 11 is 0. The molecular weight excluding hydrogens is 249 g/mol. The Bertz CT molecular complexity index is 553. The third-order valence-electron chi connectivity index (χ3n) is 2.99. The highest BCUT2D eigenvalue weighted by Gasteiger charge is 2.15. The molecule has 0 bridgehead atoms. The number of pyridine rings is 1. The molecule has 0 saturated carbocycles. The summed E-state index contributed by atoms with van der Waals surface area (Å²) in [4.78, 5) is 10.3. The van der Waals surface area contributed by atoms with Crippen molar-refractivity contribution in [3.63, 3.8) is 0 Å². The summed E-state index contributed by atoms with van der Waals surface area (Å²) in [5.41, 5.74) is 0.499. The molecule has 1 aliphatic heterocycles. The molecule has 0 amide bonds. The Morgan fingerprint density at radius 3 is 2.95 bits per heavy atom. The number of piperazine rings is 1. The van der Waals surface area contributed by atoms with Crippen molar-refractivity contribution in [1.29, 1.82) is 0 Å². The van der Waals surface area contributed by atoms with Crippen molar-refractivity contribution >= 4 is 0 Å². The molecule has 3 heterocycles. The van der Waals surface area contributed by atoms with E-state index in [4.69, 9.17) is 4.52 Å². The predicted octanol–water partition coefficient (Wildman–Crippen LogP) is 0.676. The Morgan fingerprint density at radius 1 is 1.32 bits per heavy atom. The number of hydrogen-bond donors (Lipinski definition) is 1. The van der Waals surface area contributed by atoms with E-state index in [-0.39, 0.29) is 0 Å². The van der Waals surface area contributed by atoms with E-state index < -0.39 is 5.82 Å². The number of hydrogen-bond acceptors (Lipinski definition) is 6. The molecule has 3 rings (SSSR count). The number of nitrogens with zero attached hydrogens (tertiary/aromatic N) is 4. The van der Waals surface area contributed by atoms with Gasteiger partial charge in [-0.05, 0) is 6.07 Å². The van der Waals surface area contributed by atoms with E-state index >= 15 is 0 Å². The van der Waals surface area contributed by atoms with Crippen LogP contribution < -0.4 is 5.32 Å². The average Bonchev–Trinajstić information content (AvgIpc) is 2.88. The summed E-state index contributed by atoms with van der Waals surface area (Å²) in [6.07, 6.45) is 2.65. The molecule has 1 aliphatic rings. The molecule has 0 aliphatic carbocycles. The van der Waals surface area contributed by atoms with Gasteiger partial charge in [-0.3, -0.25) is 9.88 Å². The van der Waals surface area contributed by atoms with Crippen molar-refractivity contribution in [2.45, 2.75) is 6.54 Å². The first-order valence-corrected chi connectivity index (χ1v) is 6.18. The van der Waals surface area contributed by atoms with E-state index in [0.717, 1.165) is 32.4 Å². The average molecular weight is 263 g/mol. The van der Waals surface area contributed by atoms with Crippen LogP contribution in [0.2, 0.25) is 0 Å². The van der Waals surface area contributed by atoms with Crippen LogP contribution in [0, 0.1) is 5.82 Å². The van der Waals surface area contributed by atoms with E-state index in [2.05, 4.69) is 25.3 Å². The topological polar surface area (TPSA) is 67.1 Å². The molecule has 19 heavy (non-hydrogen) atoms. The van der Waals surface area contributed by atoms with E-state index in [1.54, 1.807) is 0 Å². The van der Waals surface area contributed by atoms with E-state index in [1.165, 1.54) is 12.3 Å². The normalized spacial score (nSPS) is 16.7. The molecule has 0 radical (unpaired) electrons. The van der Waals surface area contributed by atoms with Crippen molar-refractivity contribution in [3.05, 3.63) is 30.1 Å². The van der Waals surface area contributed by atoms with Gasteiger partial charge < -0.3 is 9.84 Å². The van der Waals surface area contributed by atoms with Crippen molar-refractivity contribution in [2.24, 2.45) is 0 Å². The van der Waals surface area contributed by atoms with Crippen molar-refractivity contribution < 1.29 is 8.91 Å². The summed E-state index contributed by atoms with van der Waals surface area (Å²) in [7, 11) is 0. The first-order chi connectivity index (χ1) is 9.31. The zero-order chi connectivity index (χ0) is 13.1. The minimum absolute atomic E-state index is 0.303. The number of halogens is 1. The second kappa shape index (κ2) is 5.41. The van der Waals surface area contributed by atoms with Crippen molar-refractivity contribution in [1.82, 2.24) is 25.3 Å². The molecule has 6 nitrogen and oxygen atoms in total. The van der Waals surface area contributed by atoms with E-state index in [0.29, 0.717) is 23.8 Å². The lowest BCUT2D eigenvalue weighted by Crippen LogP contribution is -2.43. The van der Waals surface area contributed by atoms with Gasteiger partial charge in [-0.25, -0.2) is 4.39 Å². The fraction of sp³-hybridized carbons (Fsp3) is 0.417. The third-order valence-corrected chi connectivity index (χ3v) is 2.99. The lowest BCUT2D eigenvalue weighted by molar-refractivity contribution is 0.225. The molecule has 7 heteroatoms. The van der Waals surface area contributed by atoms with Gasteiger partial charge in [0.1, 0.15) is 5.82 Å². The maximum absolute atomic E-state index is 13.1. The quantitative estimate of drug-likeness (QED) is 0.878. The van der Waals surface area contributed by atoms with E-state index in [9.17, 15) is 4.39 Å². The van der Waals surface area contributed by atoms with Crippen LogP contribution in [-0.4, -0.2) is 46.2 Å². The number of rotatable bonds is 3. The van der Waals surface area contributed by atoms with Gasteiger partial charge in [0, 0.05) is 32.4 Å². The molecule has 2 aromatic heterocycles. The van der Waals surface area contributed by atoms with Gasteiger partial charge in [0.2, 0.25) is 0 Å². The second-order valence-corrected chi connectivity index (χ2v) is 4.43. The Kier molecular flexibility index (Phi) is 3.47. The van der Waals surface area contributed by atoms with Gasteiger partial charge in [-0.1, -0.05) is 5.16 Å². The molecule has 0 spiro atoms. The largest absolute Gasteiger partial charge is 0.334 e. The summed E-state index contributed by atoms with van der Waals surface area (Å²) in [6, 6.07) is 1.33. The van der Waals surface area contributed by atoms with Crippen LogP contribution >= 0.6 is 0 Å². The Labute approximate surface area is 109 Å². The lowest BCUT2D eigenvalue weighted by atomic mass is 10.3. The second-order valence-electron chi connectivity index (χ2n) is 4.43. The summed E-state index contributed by atoms with van der Waals surface area (Å²) in [5, 5.41) is 7.20. The van der Waals surface area contributed by atoms with Gasteiger partial charge >= 0.3 is 0 Å². The van der Waals surface area contributed by atoms with Crippen LogP contribution in [0.3, 0.4) is 0 Å². The fourth-order valence-corrected chi connectivity index (χ4v) is 2.03. The number of aromatic nitrogens is 3. The highest BCUT2D eigenvalue weighted by Crippen LogP contribution is 2.17. The smallest absolute Gasteiger partial charge is 0.259 e. The number of nitrogens with one attached hydrogen (secondary N) is 1. The monoisotopic (exact) mass is 263 g/mol. The van der Waals surface area contributed by atoms with Crippen LogP contribution in [0.4, 0.5) is 4.39 Å². The van der Waals surface area contributed by atoms with Crippen LogP contribution in [0.25, 0.3) is 11.5 Å². The summed E-state index contributed by atoms with van der Waals surface area (Å²) in [6.45, 7) is 4.52. The lowest BCUT2D eigenvalue weighted by Gasteiger charge is -2.25. The molecule has 100 valence electrons. The molecule has 2 aromatic rings. The molecule has 1 N–H and O–H groups in total. The highest BCUT2D eigenvalue weighted by atomic mass is 19.1. The van der Waals surface area contributed by atoms with Gasteiger partial charge in [0.15, 0.2) is 5.82 Å². The Hall–Kier alpha value is -1.86. The maximum atomic E-state index is 13.1. The van der Waals surface area contributed by atoms with Crippen molar-refractivity contribution in [3.8, 4) is 11.5 Å². The Balaban J connectivity index is 1.72. The zero-order valence-corrected chi connectivity index (χ0v) is 10.3. The highest BCUT2D eigenvalue weighted by molar-refractivity contribution is 5.50. The van der Waals surface area contributed by atoms with Gasteiger partial charge in [0.25, 0.3) is 5.89 Å². The minimum atomic E-state index is -0.417. The molecule has 1 fully saturated rings. The van der Waals surface area contributed by atoms with Crippen LogP contribution in [0.1, 0.15) is 5.82 Å². The first kappa shape index (κ1) is 12.2. The SMILES string of the molecule is Fc1cncc(-c2nc(CN3CCNCC3)no2)c1. The summed E-state index contributed by atoms with van der Waals surface area (Å²) < 4.78 is 18.2. The summed E-state index contributed by atoms with van der Waals surface area (Å²) in [5.74, 6) is 0.498. The van der Waals surface area contributed by atoms with Gasteiger partial charge in [-0.15, -0.1) is 0 Å². The zero-order valence-electron chi connectivity index (χ0n) is 10.3. The van der Waals surface area contributed by atoms with Gasteiger partial charge in [-0.2, -0.15) is 4.98 Å². The molecule has 1 saturated heterocycles. The first-order valence-electron chi connectivity index (χ1n) is 6.18. The van der Waals surface area contributed by atoms with Crippen LogP contribution in [0.15, 0.2) is 23.0 Å². The molecule has 0 unspecified atom stereocenters. The fourth-order valence-electron chi connectivity index (χ4n) is 2.03. The minimum Gasteiger partial charge on any atom is -0.334 e. The molecule has 0 aromatic carbocycles. The molecule has 0 atom stereocenters. The predicted molar refractivity (Wildman–Crippen MR) is 65.6 cm³/mol. The Morgan fingerprint density at radius 2 is 2.16 bits per heavy atom. The van der Waals surface area contributed by atoms with Crippen molar-refractivity contribution in [2.75, 3.05) is 26.2 Å². The molecular formula is C12H14FN5O. The van der Waals surface area contributed by atoms with E-state index in [1.807, 2.05) is 0 Å². The maximum Gasteiger partial charge on any atom is 0.259 e. The van der Waals surface area contributed by atoms with Gasteiger partial charge in [0.05, 0.1) is 18.3 Å².